The zero-order chi connectivity index (χ0) is 15.3. The van der Waals surface area contributed by atoms with Gasteiger partial charge in [0.15, 0.2) is 5.41 Å². The van der Waals surface area contributed by atoms with Gasteiger partial charge in [-0.25, -0.2) is 10.0 Å². The molecule has 20 heavy (non-hydrogen) atoms. The fourth-order valence-corrected chi connectivity index (χ4v) is 3.12. The van der Waals surface area contributed by atoms with E-state index >= 15 is 0 Å². The van der Waals surface area contributed by atoms with Crippen LogP contribution in [0.5, 0.6) is 0 Å². The highest BCUT2D eigenvalue weighted by Crippen LogP contribution is 2.52. The van der Waals surface area contributed by atoms with E-state index in [0.29, 0.717) is 0 Å². The van der Waals surface area contributed by atoms with Gasteiger partial charge in [-0.15, -0.1) is 0 Å². The predicted molar refractivity (Wildman–Crippen MR) is 67.3 cm³/mol. The van der Waals surface area contributed by atoms with E-state index in [0.717, 1.165) is 5.01 Å². The second kappa shape index (κ2) is 4.02. The molecular formula is C12H14N6O2. The molecule has 104 valence electrons. The molecule has 0 spiro atoms. The number of hydrogen-bond acceptors (Lipinski definition) is 6. The lowest BCUT2D eigenvalue weighted by Gasteiger charge is -2.51. The lowest BCUT2D eigenvalue weighted by atomic mass is 9.60. The molecule has 0 bridgehead atoms. The summed E-state index contributed by atoms with van der Waals surface area (Å²) in [5, 5.41) is 21.7. The molecule has 2 rings (SSSR count). The Kier molecular flexibility index (Phi) is 2.81. The van der Waals surface area contributed by atoms with Crippen LogP contribution in [0.2, 0.25) is 0 Å². The number of fused-ring (bicyclic) bond motifs is 1. The van der Waals surface area contributed by atoms with E-state index < -0.39 is 22.8 Å². The van der Waals surface area contributed by atoms with Crippen molar-refractivity contribution in [3.8, 4) is 12.1 Å². The fourth-order valence-electron chi connectivity index (χ4n) is 3.12. The smallest absolute Gasteiger partial charge is 0.272 e. The van der Waals surface area contributed by atoms with Gasteiger partial charge in [0, 0.05) is 20.5 Å². The number of carbonyl (C=O) groups is 2. The van der Waals surface area contributed by atoms with Crippen molar-refractivity contribution in [3.63, 3.8) is 0 Å². The van der Waals surface area contributed by atoms with Crippen LogP contribution in [0.25, 0.3) is 0 Å². The van der Waals surface area contributed by atoms with Crippen molar-refractivity contribution < 1.29 is 9.59 Å². The fraction of sp³-hybridized carbons (Fsp3) is 0.583. The van der Waals surface area contributed by atoms with E-state index in [1.54, 1.807) is 21.0 Å². The Morgan fingerprint density at radius 1 is 1.40 bits per heavy atom. The van der Waals surface area contributed by atoms with Crippen LogP contribution in [0.4, 0.5) is 0 Å². The molecule has 3 atom stereocenters. The summed E-state index contributed by atoms with van der Waals surface area (Å²) in [7, 11) is 3.09. The minimum Gasteiger partial charge on any atom is -0.384 e. The van der Waals surface area contributed by atoms with Crippen LogP contribution in [0.15, 0.2) is 4.99 Å². The maximum absolute atomic E-state index is 12.3. The summed E-state index contributed by atoms with van der Waals surface area (Å²) in [5.41, 5.74) is 2.14. The van der Waals surface area contributed by atoms with Crippen molar-refractivity contribution in [2.45, 2.75) is 18.9 Å². The molecule has 0 unspecified atom stereocenters. The SMILES string of the molecule is C[C@H]1CC(=O)N(N(C)C)[C@@]2(C#N)C(N)=NC(=O)[C@]12C#N. The molecule has 2 aliphatic heterocycles. The molecule has 2 N–H and O–H groups in total. The van der Waals surface area contributed by atoms with E-state index in [9.17, 15) is 20.1 Å². The molecule has 0 aromatic rings. The Bertz CT molecular complexity index is 612. The monoisotopic (exact) mass is 274 g/mol. The van der Waals surface area contributed by atoms with Gasteiger partial charge in [-0.3, -0.25) is 9.59 Å². The Morgan fingerprint density at radius 2 is 2.00 bits per heavy atom. The molecule has 0 aliphatic carbocycles. The number of carbonyl (C=O) groups excluding carboxylic acids is 2. The number of hydrazine groups is 1. The maximum atomic E-state index is 12.3. The third kappa shape index (κ3) is 1.19. The average molecular weight is 274 g/mol. The summed E-state index contributed by atoms with van der Waals surface area (Å²) in [5.74, 6) is -2.08. The van der Waals surface area contributed by atoms with Gasteiger partial charge in [-0.05, 0) is 5.92 Å². The quantitative estimate of drug-likeness (QED) is 0.653. The van der Waals surface area contributed by atoms with E-state index in [-0.39, 0.29) is 18.2 Å². The summed E-state index contributed by atoms with van der Waals surface area (Å²) in [4.78, 5) is 28.1. The number of rotatable bonds is 1. The number of hydrogen-bond donors (Lipinski definition) is 1. The van der Waals surface area contributed by atoms with Crippen molar-refractivity contribution >= 4 is 17.6 Å². The van der Waals surface area contributed by atoms with Gasteiger partial charge in [0.05, 0.1) is 6.07 Å². The number of amidine groups is 1. The molecule has 0 aromatic heterocycles. The van der Waals surface area contributed by atoms with Crippen LogP contribution in [0.1, 0.15) is 13.3 Å². The van der Waals surface area contributed by atoms with E-state index in [4.69, 9.17) is 5.73 Å². The number of piperidine rings is 1. The number of amides is 2. The Morgan fingerprint density at radius 3 is 2.45 bits per heavy atom. The van der Waals surface area contributed by atoms with Gasteiger partial charge in [0.1, 0.15) is 11.9 Å². The Labute approximate surface area is 116 Å². The van der Waals surface area contributed by atoms with Crippen LogP contribution in [-0.2, 0) is 9.59 Å². The first-order valence-corrected chi connectivity index (χ1v) is 6.01. The molecule has 1 saturated heterocycles. The number of nitrogens with zero attached hydrogens (tertiary/aromatic N) is 5. The van der Waals surface area contributed by atoms with Crippen LogP contribution < -0.4 is 5.73 Å². The largest absolute Gasteiger partial charge is 0.384 e. The maximum Gasteiger partial charge on any atom is 0.272 e. The van der Waals surface area contributed by atoms with Crippen LogP contribution >= 0.6 is 0 Å². The van der Waals surface area contributed by atoms with E-state index in [1.807, 2.05) is 12.1 Å². The number of aliphatic imine (C=N–C) groups is 1. The van der Waals surface area contributed by atoms with Gasteiger partial charge in [-0.2, -0.15) is 15.5 Å². The Hall–Kier alpha value is -2.45. The van der Waals surface area contributed by atoms with E-state index in [1.165, 1.54) is 5.01 Å². The van der Waals surface area contributed by atoms with Crippen molar-refractivity contribution in [2.75, 3.05) is 14.1 Å². The molecule has 0 radical (unpaired) electrons. The molecule has 8 nitrogen and oxygen atoms in total. The standard InChI is InChI=1S/C12H14N6O2/c1-7-4-8(19)18(17(2)3)12(6-14)9(15)16-10(20)11(7,12)5-13/h7H,4H2,1-3H3,(H2,15,16,20)/t7-,11-,12-/m0/s1. The lowest BCUT2D eigenvalue weighted by Crippen LogP contribution is -2.73. The third-order valence-electron chi connectivity index (χ3n) is 4.01. The van der Waals surface area contributed by atoms with Gasteiger partial charge in [0.2, 0.25) is 11.4 Å². The summed E-state index contributed by atoms with van der Waals surface area (Å²) >= 11 is 0. The summed E-state index contributed by atoms with van der Waals surface area (Å²) in [6.45, 7) is 1.59. The summed E-state index contributed by atoms with van der Waals surface area (Å²) in [6.07, 6.45) is -0.0241. The molecule has 2 amide bonds. The predicted octanol–water partition coefficient (Wildman–Crippen LogP) is -0.999. The van der Waals surface area contributed by atoms with Crippen molar-refractivity contribution in [2.24, 2.45) is 22.1 Å². The zero-order valence-electron chi connectivity index (χ0n) is 11.4. The third-order valence-corrected chi connectivity index (χ3v) is 4.01. The molecule has 2 heterocycles. The highest BCUT2D eigenvalue weighted by molar-refractivity contribution is 6.16. The first-order chi connectivity index (χ1) is 9.29. The number of nitrogens with two attached hydrogens (primary N) is 1. The number of nitriles is 2. The van der Waals surface area contributed by atoms with Crippen molar-refractivity contribution in [1.29, 1.82) is 10.5 Å². The van der Waals surface area contributed by atoms with E-state index in [2.05, 4.69) is 4.99 Å². The second-order valence-electron chi connectivity index (χ2n) is 5.20. The zero-order valence-corrected chi connectivity index (χ0v) is 11.4. The molecule has 0 aromatic carbocycles. The average Bonchev–Trinajstić information content (AvgIpc) is 2.58. The molecule has 2 aliphatic rings. The first-order valence-electron chi connectivity index (χ1n) is 6.01. The lowest BCUT2D eigenvalue weighted by molar-refractivity contribution is -0.171. The summed E-state index contributed by atoms with van der Waals surface area (Å²) < 4.78 is 0. The molecule has 1 fully saturated rings. The van der Waals surface area contributed by atoms with Crippen molar-refractivity contribution in [1.82, 2.24) is 10.0 Å². The first kappa shape index (κ1) is 14.0. The van der Waals surface area contributed by atoms with Crippen molar-refractivity contribution in [3.05, 3.63) is 0 Å². The molecule has 8 heteroatoms. The van der Waals surface area contributed by atoms with Gasteiger partial charge in [-0.1, -0.05) is 6.92 Å². The second-order valence-corrected chi connectivity index (χ2v) is 5.20. The van der Waals surface area contributed by atoms with Crippen LogP contribution in [0.3, 0.4) is 0 Å². The Balaban J connectivity index is 2.84. The normalized spacial score (nSPS) is 36.4. The van der Waals surface area contributed by atoms with Crippen LogP contribution in [0, 0.1) is 34.0 Å². The van der Waals surface area contributed by atoms with Crippen LogP contribution in [-0.4, -0.2) is 47.3 Å². The highest BCUT2D eigenvalue weighted by atomic mass is 16.2. The molecular weight excluding hydrogens is 260 g/mol. The van der Waals surface area contributed by atoms with Gasteiger partial charge in [0.25, 0.3) is 5.91 Å². The minimum absolute atomic E-state index is 0.0241. The minimum atomic E-state index is -1.88. The summed E-state index contributed by atoms with van der Waals surface area (Å²) in [6, 6.07) is 3.83. The molecule has 0 saturated carbocycles. The highest BCUT2D eigenvalue weighted by Gasteiger charge is 2.74. The van der Waals surface area contributed by atoms with Gasteiger partial charge < -0.3 is 5.73 Å². The van der Waals surface area contributed by atoms with Gasteiger partial charge >= 0.3 is 0 Å². The topological polar surface area (TPSA) is 127 Å².